The Morgan fingerprint density at radius 1 is 1.05 bits per heavy atom. The van der Waals surface area contributed by atoms with Crippen molar-refractivity contribution in [1.29, 1.82) is 0 Å². The van der Waals surface area contributed by atoms with Gasteiger partial charge in [-0.15, -0.1) is 0 Å². The summed E-state index contributed by atoms with van der Waals surface area (Å²) < 4.78 is 26.2. The van der Waals surface area contributed by atoms with Gasteiger partial charge in [-0.25, -0.2) is 0 Å². The van der Waals surface area contributed by atoms with Crippen LogP contribution in [0.25, 0.3) is 0 Å². The highest BCUT2D eigenvalue weighted by Gasteiger charge is 2.36. The van der Waals surface area contributed by atoms with Gasteiger partial charge in [-0.1, -0.05) is 0 Å². The molecule has 0 aliphatic rings. The largest absolute Gasteiger partial charge is 0.500 e. The van der Waals surface area contributed by atoms with Crippen molar-refractivity contribution in [2.75, 3.05) is 61.3 Å². The van der Waals surface area contributed by atoms with Gasteiger partial charge in [0, 0.05) is 54.2 Å². The highest BCUT2D eigenvalue weighted by Crippen LogP contribution is 2.14. The highest BCUT2D eigenvalue weighted by atomic mass is 28.4. The molecular weight excluding hydrogens is 282 g/mol. The monoisotopic (exact) mass is 311 g/mol. The Morgan fingerprint density at radius 2 is 1.70 bits per heavy atom. The van der Waals surface area contributed by atoms with Gasteiger partial charge in [0.05, 0.1) is 19.3 Å². The summed E-state index contributed by atoms with van der Waals surface area (Å²) in [5.41, 5.74) is 0. The predicted octanol–water partition coefficient (Wildman–Crippen LogP) is -0.132. The first-order valence-electron chi connectivity index (χ1n) is 6.75. The minimum atomic E-state index is -2.49. The molecule has 1 atom stereocenters. The van der Waals surface area contributed by atoms with Gasteiger partial charge in [0.2, 0.25) is 0 Å². The third-order valence-electron chi connectivity index (χ3n) is 2.88. The molecule has 0 rings (SSSR count). The first kappa shape index (κ1) is 19.9. The highest BCUT2D eigenvalue weighted by molar-refractivity contribution is 6.60. The molecule has 1 unspecified atom stereocenters. The zero-order valence-corrected chi connectivity index (χ0v) is 14.0. The van der Waals surface area contributed by atoms with Crippen LogP contribution in [0.15, 0.2) is 0 Å². The lowest BCUT2D eigenvalue weighted by Gasteiger charge is -2.24. The number of methoxy groups -OCH3 is 1. The molecule has 0 saturated heterocycles. The molecule has 122 valence electrons. The second kappa shape index (κ2) is 12.7. The van der Waals surface area contributed by atoms with Crippen molar-refractivity contribution in [1.82, 2.24) is 5.32 Å². The Kier molecular flexibility index (Phi) is 12.6. The van der Waals surface area contributed by atoms with Gasteiger partial charge in [0.1, 0.15) is 0 Å². The fourth-order valence-corrected chi connectivity index (χ4v) is 3.36. The van der Waals surface area contributed by atoms with Gasteiger partial charge in [-0.2, -0.15) is 0 Å². The quantitative estimate of drug-likeness (QED) is 0.342. The Balaban J connectivity index is 3.55. The van der Waals surface area contributed by atoms with Gasteiger partial charge in [0.25, 0.3) is 0 Å². The Bertz CT molecular complexity index is 210. The maximum absolute atomic E-state index is 9.65. The van der Waals surface area contributed by atoms with E-state index in [2.05, 4.69) is 5.32 Å². The van der Waals surface area contributed by atoms with Crippen LogP contribution in [-0.4, -0.2) is 81.4 Å². The minimum absolute atomic E-state index is 0.307. The van der Waals surface area contributed by atoms with E-state index in [1.54, 1.807) is 28.4 Å². The molecule has 2 N–H and O–H groups in total. The second-order valence-electron chi connectivity index (χ2n) is 4.32. The van der Waals surface area contributed by atoms with Crippen LogP contribution in [0, 0.1) is 0 Å². The summed E-state index contributed by atoms with van der Waals surface area (Å²) in [6, 6.07) is 0.693. The molecule has 0 aliphatic heterocycles. The van der Waals surface area contributed by atoms with Gasteiger partial charge in [-0.3, -0.25) is 0 Å². The third-order valence-corrected chi connectivity index (χ3v) is 5.71. The number of nitrogens with one attached hydrogen (secondary N) is 1. The zero-order valence-electron chi connectivity index (χ0n) is 13.0. The van der Waals surface area contributed by atoms with Crippen LogP contribution in [0.1, 0.15) is 6.42 Å². The minimum Gasteiger partial charge on any atom is -0.389 e. The van der Waals surface area contributed by atoms with E-state index in [1.165, 1.54) is 0 Å². The maximum atomic E-state index is 9.65. The van der Waals surface area contributed by atoms with E-state index in [4.69, 9.17) is 22.8 Å². The summed E-state index contributed by atoms with van der Waals surface area (Å²) in [6.45, 7) is 2.69. The van der Waals surface area contributed by atoms with Crippen LogP contribution >= 0.6 is 0 Å². The standard InChI is InChI=1S/C12H29NO6Si/c1-15-8-6-13-10-12(14)11-19-7-5-9-20(16-2,17-3)18-4/h12-14H,5-11H2,1-4H3. The van der Waals surface area contributed by atoms with Crippen LogP contribution < -0.4 is 5.32 Å². The summed E-state index contributed by atoms with van der Waals surface area (Å²) in [4.78, 5) is 0. The average Bonchev–Trinajstić information content (AvgIpc) is 2.48. The van der Waals surface area contributed by atoms with Gasteiger partial charge >= 0.3 is 8.80 Å². The Morgan fingerprint density at radius 3 is 2.25 bits per heavy atom. The molecule has 0 aliphatic carbocycles. The molecule has 0 saturated carbocycles. The van der Waals surface area contributed by atoms with Crippen molar-refractivity contribution < 1.29 is 27.9 Å². The van der Waals surface area contributed by atoms with E-state index < -0.39 is 14.9 Å². The van der Waals surface area contributed by atoms with Gasteiger partial charge < -0.3 is 33.2 Å². The zero-order chi connectivity index (χ0) is 15.3. The van der Waals surface area contributed by atoms with Crippen molar-refractivity contribution in [3.8, 4) is 0 Å². The first-order chi connectivity index (χ1) is 9.64. The smallest absolute Gasteiger partial charge is 0.389 e. The van der Waals surface area contributed by atoms with E-state index in [0.717, 1.165) is 13.0 Å². The van der Waals surface area contributed by atoms with E-state index >= 15 is 0 Å². The molecule has 20 heavy (non-hydrogen) atoms. The van der Waals surface area contributed by atoms with Crippen molar-refractivity contribution in [2.45, 2.75) is 18.6 Å². The average molecular weight is 311 g/mol. The third kappa shape index (κ3) is 8.98. The van der Waals surface area contributed by atoms with E-state index in [1.807, 2.05) is 0 Å². The molecule has 0 spiro atoms. The van der Waals surface area contributed by atoms with Crippen molar-refractivity contribution in [3.63, 3.8) is 0 Å². The van der Waals surface area contributed by atoms with Crippen LogP contribution in [0.3, 0.4) is 0 Å². The molecule has 0 amide bonds. The SMILES string of the molecule is COCCNCC(O)COCCC[Si](OC)(OC)OC. The molecule has 0 radical (unpaired) electrons. The Labute approximate surface area is 122 Å². The molecule has 7 nitrogen and oxygen atoms in total. The van der Waals surface area contributed by atoms with Crippen molar-refractivity contribution >= 4 is 8.80 Å². The molecule has 0 heterocycles. The fraction of sp³-hybridized carbons (Fsp3) is 1.00. The van der Waals surface area contributed by atoms with Crippen LogP contribution in [-0.2, 0) is 22.8 Å². The number of aliphatic hydroxyl groups excluding tert-OH is 1. The molecule has 0 fully saturated rings. The topological polar surface area (TPSA) is 78.4 Å². The molecule has 0 aromatic carbocycles. The molecule has 0 aromatic heterocycles. The normalized spacial score (nSPS) is 13.7. The summed E-state index contributed by atoms with van der Waals surface area (Å²) in [5, 5.41) is 12.7. The maximum Gasteiger partial charge on any atom is 0.500 e. The molecule has 0 bridgehead atoms. The molecule has 0 aromatic rings. The lowest BCUT2D eigenvalue weighted by atomic mass is 10.4. The number of hydrogen-bond acceptors (Lipinski definition) is 7. The van der Waals surface area contributed by atoms with Crippen molar-refractivity contribution in [3.05, 3.63) is 0 Å². The van der Waals surface area contributed by atoms with E-state index in [-0.39, 0.29) is 0 Å². The molecule has 8 heteroatoms. The van der Waals surface area contributed by atoms with Crippen LogP contribution in [0.5, 0.6) is 0 Å². The summed E-state index contributed by atoms with van der Waals surface area (Å²) >= 11 is 0. The van der Waals surface area contributed by atoms with E-state index in [9.17, 15) is 5.11 Å². The fourth-order valence-electron chi connectivity index (χ4n) is 1.67. The Hall–Kier alpha value is -0.0631. The number of hydrogen-bond donors (Lipinski definition) is 2. The lowest BCUT2D eigenvalue weighted by molar-refractivity contribution is 0.0345. The number of aliphatic hydroxyl groups is 1. The van der Waals surface area contributed by atoms with Crippen LogP contribution in [0.2, 0.25) is 6.04 Å². The van der Waals surface area contributed by atoms with E-state index in [0.29, 0.717) is 32.4 Å². The lowest BCUT2D eigenvalue weighted by Crippen LogP contribution is -2.42. The number of ether oxygens (including phenoxy) is 2. The van der Waals surface area contributed by atoms with Crippen molar-refractivity contribution in [2.24, 2.45) is 0 Å². The van der Waals surface area contributed by atoms with Crippen LogP contribution in [0.4, 0.5) is 0 Å². The summed E-state index contributed by atoms with van der Waals surface area (Å²) in [6.07, 6.45) is 0.257. The predicted molar refractivity (Wildman–Crippen MR) is 77.8 cm³/mol. The second-order valence-corrected chi connectivity index (χ2v) is 7.42. The molecular formula is C12H29NO6Si. The number of rotatable bonds is 14. The summed E-state index contributed by atoms with van der Waals surface area (Å²) in [5.74, 6) is 0. The van der Waals surface area contributed by atoms with Gasteiger partial charge in [-0.05, 0) is 6.42 Å². The van der Waals surface area contributed by atoms with Gasteiger partial charge in [0.15, 0.2) is 0 Å². The summed E-state index contributed by atoms with van der Waals surface area (Å²) in [7, 11) is 3.93. The first-order valence-corrected chi connectivity index (χ1v) is 8.68.